The van der Waals surface area contributed by atoms with Crippen molar-refractivity contribution < 1.29 is 14.4 Å². The van der Waals surface area contributed by atoms with E-state index < -0.39 is 0 Å². The van der Waals surface area contributed by atoms with Gasteiger partial charge >= 0.3 is 0 Å². The smallest absolute Gasteiger partial charge is 0.293 e. The van der Waals surface area contributed by atoms with Gasteiger partial charge in [0.25, 0.3) is 17.1 Å². The summed E-state index contributed by atoms with van der Waals surface area (Å²) in [5.41, 5.74) is 1.28. The lowest BCUT2D eigenvalue weighted by atomic mass is 10.2. The summed E-state index contributed by atoms with van der Waals surface area (Å²) in [5.74, 6) is -0.638. The summed E-state index contributed by atoms with van der Waals surface area (Å²) in [7, 11) is 0. The molecule has 1 heterocycles. The zero-order chi connectivity index (χ0) is 19.4. The van der Waals surface area contributed by atoms with Gasteiger partial charge in [-0.15, -0.1) is 0 Å². The van der Waals surface area contributed by atoms with Crippen LogP contribution in [0.1, 0.15) is 15.9 Å². The van der Waals surface area contributed by atoms with Crippen molar-refractivity contribution in [3.05, 3.63) is 74.1 Å². The van der Waals surface area contributed by atoms with E-state index in [1.54, 1.807) is 48.5 Å². The van der Waals surface area contributed by atoms with Gasteiger partial charge in [0.1, 0.15) is 0 Å². The molecule has 0 radical (unpaired) electrons. The average Bonchev–Trinajstić information content (AvgIpc) is 2.91. The van der Waals surface area contributed by atoms with Gasteiger partial charge in [-0.2, -0.15) is 0 Å². The van der Waals surface area contributed by atoms with Crippen molar-refractivity contribution in [2.75, 3.05) is 13.1 Å². The van der Waals surface area contributed by atoms with Crippen molar-refractivity contribution in [2.24, 2.45) is 0 Å². The Morgan fingerprint density at radius 3 is 2.56 bits per heavy atom. The van der Waals surface area contributed by atoms with Crippen LogP contribution in [0.25, 0.3) is 6.08 Å². The van der Waals surface area contributed by atoms with Crippen molar-refractivity contribution >= 4 is 62.4 Å². The molecular formula is C19H14BrClN2O3S. The van der Waals surface area contributed by atoms with Gasteiger partial charge in [-0.05, 0) is 63.6 Å². The summed E-state index contributed by atoms with van der Waals surface area (Å²) in [6.45, 7) is 0.283. The fourth-order valence-corrected chi connectivity index (χ4v) is 3.88. The Hall–Kier alpha value is -2.09. The molecule has 0 aliphatic carbocycles. The van der Waals surface area contributed by atoms with Gasteiger partial charge in [0.05, 0.1) is 10.5 Å². The first-order valence-corrected chi connectivity index (χ1v) is 9.98. The summed E-state index contributed by atoms with van der Waals surface area (Å²) in [4.78, 5) is 38.2. The third-order valence-electron chi connectivity index (χ3n) is 3.78. The molecule has 0 spiro atoms. The molecule has 1 saturated heterocycles. The molecule has 0 bridgehead atoms. The van der Waals surface area contributed by atoms with Crippen LogP contribution in [0.5, 0.6) is 0 Å². The highest BCUT2D eigenvalue weighted by Crippen LogP contribution is 2.32. The van der Waals surface area contributed by atoms with Gasteiger partial charge in [0.2, 0.25) is 0 Å². The van der Waals surface area contributed by atoms with Crippen molar-refractivity contribution in [3.63, 3.8) is 0 Å². The van der Waals surface area contributed by atoms with Gasteiger partial charge < -0.3 is 5.32 Å². The van der Waals surface area contributed by atoms with Crippen LogP contribution in [0.2, 0.25) is 5.02 Å². The van der Waals surface area contributed by atoms with E-state index in [1.165, 1.54) is 0 Å². The lowest BCUT2D eigenvalue weighted by molar-refractivity contribution is -0.122. The number of nitrogens with zero attached hydrogens (tertiary/aromatic N) is 1. The van der Waals surface area contributed by atoms with E-state index in [9.17, 15) is 14.4 Å². The number of benzene rings is 2. The van der Waals surface area contributed by atoms with Crippen molar-refractivity contribution in [1.29, 1.82) is 0 Å². The number of rotatable bonds is 5. The first-order chi connectivity index (χ1) is 13.0. The van der Waals surface area contributed by atoms with Gasteiger partial charge in [-0.3, -0.25) is 19.3 Å². The van der Waals surface area contributed by atoms with Crippen LogP contribution < -0.4 is 5.32 Å². The molecule has 1 aliphatic heterocycles. The second-order valence-electron chi connectivity index (χ2n) is 5.62. The first kappa shape index (κ1) is 19.7. The monoisotopic (exact) mass is 464 g/mol. The number of carbonyl (C=O) groups excluding carboxylic acids is 3. The predicted molar refractivity (Wildman–Crippen MR) is 111 cm³/mol. The van der Waals surface area contributed by atoms with E-state index in [0.717, 1.165) is 22.2 Å². The van der Waals surface area contributed by atoms with Crippen LogP contribution in [0.3, 0.4) is 0 Å². The Balaban J connectivity index is 1.60. The minimum atomic E-state index is -0.366. The molecule has 1 fully saturated rings. The topological polar surface area (TPSA) is 66.5 Å². The zero-order valence-electron chi connectivity index (χ0n) is 13.9. The maximum absolute atomic E-state index is 12.5. The van der Waals surface area contributed by atoms with Gasteiger partial charge in [-0.1, -0.05) is 35.9 Å². The summed E-state index contributed by atoms with van der Waals surface area (Å²) in [6.07, 6.45) is 1.65. The number of halogens is 2. The molecular weight excluding hydrogens is 452 g/mol. The number of carbonyl (C=O) groups is 3. The minimum absolute atomic E-state index is 0.110. The molecule has 2 aromatic carbocycles. The SMILES string of the molecule is O=C(NCCN1C(=O)S/C(=C\c2ccc(Cl)cc2)C1=O)c1ccccc1Br. The summed E-state index contributed by atoms with van der Waals surface area (Å²) >= 11 is 10.1. The molecule has 3 rings (SSSR count). The fourth-order valence-electron chi connectivity index (χ4n) is 2.42. The van der Waals surface area contributed by atoms with E-state index in [0.29, 0.717) is 20.0 Å². The second kappa shape index (κ2) is 8.73. The molecule has 8 heteroatoms. The van der Waals surface area contributed by atoms with Gasteiger partial charge in [0, 0.05) is 22.6 Å². The van der Waals surface area contributed by atoms with Crippen LogP contribution in [-0.2, 0) is 4.79 Å². The summed E-state index contributed by atoms with van der Waals surface area (Å²) in [6, 6.07) is 14.0. The highest BCUT2D eigenvalue weighted by atomic mass is 79.9. The largest absolute Gasteiger partial charge is 0.350 e. The van der Waals surface area contributed by atoms with E-state index in [1.807, 2.05) is 6.07 Å². The lowest BCUT2D eigenvalue weighted by Crippen LogP contribution is -2.37. The maximum atomic E-state index is 12.5. The number of hydrogen-bond acceptors (Lipinski definition) is 4. The Morgan fingerprint density at radius 2 is 1.85 bits per heavy atom. The third-order valence-corrected chi connectivity index (χ3v) is 5.63. The number of thioether (sulfide) groups is 1. The fraction of sp³-hybridized carbons (Fsp3) is 0.105. The normalized spacial score (nSPS) is 15.5. The molecule has 27 heavy (non-hydrogen) atoms. The van der Waals surface area contributed by atoms with Crippen molar-refractivity contribution in [2.45, 2.75) is 0 Å². The molecule has 5 nitrogen and oxygen atoms in total. The quantitative estimate of drug-likeness (QED) is 0.657. The Bertz CT molecular complexity index is 931. The summed E-state index contributed by atoms with van der Waals surface area (Å²) < 4.78 is 0.680. The molecule has 138 valence electrons. The molecule has 0 saturated carbocycles. The van der Waals surface area contributed by atoms with Crippen molar-refractivity contribution in [3.8, 4) is 0 Å². The third kappa shape index (κ3) is 4.80. The van der Waals surface area contributed by atoms with Crippen LogP contribution in [0.15, 0.2) is 57.9 Å². The second-order valence-corrected chi connectivity index (χ2v) is 7.90. The van der Waals surface area contributed by atoms with E-state index in [4.69, 9.17) is 11.6 Å². The highest BCUT2D eigenvalue weighted by Gasteiger charge is 2.34. The number of hydrogen-bond donors (Lipinski definition) is 1. The Kier molecular flexibility index (Phi) is 6.36. The van der Waals surface area contributed by atoms with E-state index in [2.05, 4.69) is 21.2 Å². The molecule has 0 atom stereocenters. The zero-order valence-corrected chi connectivity index (χ0v) is 17.1. The minimum Gasteiger partial charge on any atom is -0.350 e. The van der Waals surface area contributed by atoms with Crippen LogP contribution in [-0.4, -0.2) is 35.0 Å². The van der Waals surface area contributed by atoms with Gasteiger partial charge in [-0.25, -0.2) is 0 Å². The first-order valence-electron chi connectivity index (χ1n) is 7.99. The average molecular weight is 466 g/mol. The summed E-state index contributed by atoms with van der Waals surface area (Å²) in [5, 5.41) is 2.97. The van der Waals surface area contributed by atoms with E-state index >= 15 is 0 Å². The number of nitrogens with one attached hydrogen (secondary N) is 1. The Labute approximate surface area is 173 Å². The predicted octanol–water partition coefficient (Wildman–Crippen LogP) is 4.57. The molecule has 2 aromatic rings. The van der Waals surface area contributed by atoms with Crippen molar-refractivity contribution in [1.82, 2.24) is 10.2 Å². The van der Waals surface area contributed by atoms with Crippen LogP contribution >= 0.6 is 39.3 Å². The Morgan fingerprint density at radius 1 is 1.15 bits per heavy atom. The molecule has 0 aromatic heterocycles. The van der Waals surface area contributed by atoms with E-state index in [-0.39, 0.29) is 30.1 Å². The molecule has 0 unspecified atom stereocenters. The molecule has 3 amide bonds. The lowest BCUT2D eigenvalue weighted by Gasteiger charge is -2.13. The standard InChI is InChI=1S/C19H14BrClN2O3S/c20-15-4-2-1-3-14(15)17(24)22-9-10-23-18(25)16(27-19(23)26)11-12-5-7-13(21)8-6-12/h1-8,11H,9-10H2,(H,22,24)/b16-11-. The molecule has 1 N–H and O–H groups in total. The molecule has 1 aliphatic rings. The number of amides is 3. The maximum Gasteiger partial charge on any atom is 0.293 e. The highest BCUT2D eigenvalue weighted by molar-refractivity contribution is 9.10. The number of imide groups is 1. The van der Waals surface area contributed by atoms with Gasteiger partial charge in [0.15, 0.2) is 0 Å². The van der Waals surface area contributed by atoms with Crippen LogP contribution in [0.4, 0.5) is 4.79 Å². The van der Waals surface area contributed by atoms with Crippen LogP contribution in [0, 0.1) is 0 Å².